The molecule has 0 radical (unpaired) electrons. The van der Waals surface area contributed by atoms with Gasteiger partial charge in [-0.2, -0.15) is 0 Å². The van der Waals surface area contributed by atoms with E-state index in [1.54, 1.807) is 36.4 Å². The Bertz CT molecular complexity index is 799. The highest BCUT2D eigenvalue weighted by atomic mass is 16.7. The van der Waals surface area contributed by atoms with Crippen molar-refractivity contribution < 1.29 is 40.2 Å². The molecule has 1 saturated heterocycles. The van der Waals surface area contributed by atoms with Gasteiger partial charge in [-0.05, 0) is 12.0 Å². The van der Waals surface area contributed by atoms with Gasteiger partial charge >= 0.3 is 0 Å². The fourth-order valence-electron chi connectivity index (χ4n) is 3.53. The summed E-state index contributed by atoms with van der Waals surface area (Å²) in [6, 6.07) is 4.88. The lowest BCUT2D eigenvalue weighted by atomic mass is 9.88. The Labute approximate surface area is 161 Å². The molecule has 1 aromatic carbocycles. The summed E-state index contributed by atoms with van der Waals surface area (Å²) >= 11 is 0. The van der Waals surface area contributed by atoms with Crippen LogP contribution in [-0.2, 0) is 16.0 Å². The van der Waals surface area contributed by atoms with Crippen molar-refractivity contribution in [2.45, 2.75) is 49.5 Å². The molecular formula is C20H24O8. The van der Waals surface area contributed by atoms with Crippen LogP contribution in [0, 0.1) is 0 Å². The standard InChI is InChI=1S/C20H24O8/c21-10-15-17(24)18(25)19(26)20(27,28-15)9-8-11-4-3-6-13(16(11)23)12-5-1-2-7-14(12)22/h1-6,15,17-19,21,23-27H,7-10H2/t15-,17+,18+,19-,20+/m1/s1. The molecule has 2 aliphatic rings. The third kappa shape index (κ3) is 3.75. The van der Waals surface area contributed by atoms with Gasteiger partial charge in [0.2, 0.25) is 0 Å². The first-order chi connectivity index (χ1) is 13.3. The zero-order valence-electron chi connectivity index (χ0n) is 15.1. The molecule has 0 unspecified atom stereocenters. The molecule has 28 heavy (non-hydrogen) atoms. The molecule has 5 atom stereocenters. The van der Waals surface area contributed by atoms with Crippen LogP contribution in [0.4, 0.5) is 0 Å². The Morgan fingerprint density at radius 1 is 1.18 bits per heavy atom. The third-order valence-electron chi connectivity index (χ3n) is 5.22. The number of carbonyl (C=O) groups excluding carboxylic acids is 1. The molecule has 1 heterocycles. The number of benzene rings is 1. The van der Waals surface area contributed by atoms with Gasteiger partial charge in [0.25, 0.3) is 0 Å². The van der Waals surface area contributed by atoms with Crippen molar-refractivity contribution in [3.8, 4) is 5.75 Å². The van der Waals surface area contributed by atoms with Gasteiger partial charge in [-0.15, -0.1) is 0 Å². The highest BCUT2D eigenvalue weighted by Crippen LogP contribution is 2.35. The van der Waals surface area contributed by atoms with E-state index in [2.05, 4.69) is 0 Å². The Hall–Kier alpha value is -2.07. The molecule has 0 amide bonds. The average Bonchev–Trinajstić information content (AvgIpc) is 2.69. The van der Waals surface area contributed by atoms with Crippen LogP contribution in [0.3, 0.4) is 0 Å². The maximum absolute atomic E-state index is 12.1. The second-order valence-corrected chi connectivity index (χ2v) is 7.06. The van der Waals surface area contributed by atoms with E-state index in [4.69, 9.17) is 4.74 Å². The van der Waals surface area contributed by atoms with E-state index in [-0.39, 0.29) is 30.8 Å². The number of hydrogen-bond acceptors (Lipinski definition) is 8. The van der Waals surface area contributed by atoms with Crippen molar-refractivity contribution in [2.75, 3.05) is 6.61 Å². The Morgan fingerprint density at radius 2 is 1.93 bits per heavy atom. The summed E-state index contributed by atoms with van der Waals surface area (Å²) < 4.78 is 5.23. The van der Waals surface area contributed by atoms with Gasteiger partial charge in [0.15, 0.2) is 11.6 Å². The molecule has 0 spiro atoms. The molecule has 0 saturated carbocycles. The lowest BCUT2D eigenvalue weighted by molar-refractivity contribution is -0.351. The van der Waals surface area contributed by atoms with Crippen molar-refractivity contribution >= 4 is 11.4 Å². The first-order valence-corrected chi connectivity index (χ1v) is 9.05. The number of aromatic hydroxyl groups is 1. The number of allylic oxidation sites excluding steroid dienone is 4. The van der Waals surface area contributed by atoms with E-state index in [9.17, 15) is 35.4 Å². The molecule has 8 nitrogen and oxygen atoms in total. The summed E-state index contributed by atoms with van der Waals surface area (Å²) in [6.45, 7) is -0.655. The molecule has 152 valence electrons. The lowest BCUT2D eigenvalue weighted by Crippen LogP contribution is -2.65. The number of hydrogen-bond donors (Lipinski definition) is 6. The molecule has 3 rings (SSSR count). The zero-order chi connectivity index (χ0) is 20.5. The van der Waals surface area contributed by atoms with E-state index in [0.29, 0.717) is 16.7 Å². The van der Waals surface area contributed by atoms with Crippen LogP contribution >= 0.6 is 0 Å². The van der Waals surface area contributed by atoms with Crippen LogP contribution in [-0.4, -0.2) is 73.2 Å². The number of ether oxygens (including phenoxy) is 1. The number of phenols is 1. The maximum atomic E-state index is 12.1. The minimum atomic E-state index is -2.23. The Kier molecular flexibility index (Phi) is 5.99. The number of aliphatic hydroxyl groups is 5. The number of rotatable bonds is 5. The largest absolute Gasteiger partial charge is 0.507 e. The molecule has 1 aliphatic carbocycles. The third-order valence-corrected chi connectivity index (χ3v) is 5.22. The number of Topliss-reactive ketones (excluding diaryl/α,β-unsaturated/α-hetero) is 1. The number of aliphatic hydroxyl groups excluding tert-OH is 4. The van der Waals surface area contributed by atoms with Gasteiger partial charge in [-0.1, -0.05) is 36.4 Å². The number of aryl methyl sites for hydroxylation is 1. The number of phenolic OH excluding ortho intramolecular Hbond substituents is 1. The molecule has 0 aromatic heterocycles. The minimum Gasteiger partial charge on any atom is -0.507 e. The van der Waals surface area contributed by atoms with Crippen LogP contribution in [0.1, 0.15) is 24.0 Å². The van der Waals surface area contributed by atoms with Gasteiger partial charge < -0.3 is 35.4 Å². The summed E-state index contributed by atoms with van der Waals surface area (Å²) in [4.78, 5) is 12.1. The van der Waals surface area contributed by atoms with Crippen LogP contribution in [0.15, 0.2) is 36.4 Å². The van der Waals surface area contributed by atoms with Gasteiger partial charge in [0.05, 0.1) is 6.61 Å². The fraction of sp³-hybridized carbons (Fsp3) is 0.450. The topological polar surface area (TPSA) is 148 Å². The van der Waals surface area contributed by atoms with Gasteiger partial charge in [-0.25, -0.2) is 0 Å². The zero-order valence-corrected chi connectivity index (χ0v) is 15.1. The summed E-state index contributed by atoms with van der Waals surface area (Å²) in [7, 11) is 0. The highest BCUT2D eigenvalue weighted by molar-refractivity contribution is 6.23. The lowest BCUT2D eigenvalue weighted by Gasteiger charge is -2.45. The second kappa shape index (κ2) is 8.12. The van der Waals surface area contributed by atoms with Crippen molar-refractivity contribution in [2.24, 2.45) is 0 Å². The van der Waals surface area contributed by atoms with Crippen LogP contribution in [0.5, 0.6) is 5.75 Å². The van der Waals surface area contributed by atoms with Crippen molar-refractivity contribution in [3.63, 3.8) is 0 Å². The van der Waals surface area contributed by atoms with E-state index in [1.807, 2.05) is 0 Å². The van der Waals surface area contributed by atoms with Gasteiger partial charge in [0, 0.05) is 24.0 Å². The summed E-state index contributed by atoms with van der Waals surface area (Å²) in [5, 5.41) is 60.3. The van der Waals surface area contributed by atoms with E-state index >= 15 is 0 Å². The molecule has 1 fully saturated rings. The molecular weight excluding hydrogens is 368 g/mol. The fourth-order valence-corrected chi connectivity index (χ4v) is 3.53. The molecule has 1 aliphatic heterocycles. The molecule has 8 heteroatoms. The van der Waals surface area contributed by atoms with Crippen molar-refractivity contribution in [1.82, 2.24) is 0 Å². The van der Waals surface area contributed by atoms with Crippen LogP contribution < -0.4 is 0 Å². The maximum Gasteiger partial charge on any atom is 0.195 e. The number of carbonyl (C=O) groups is 1. The highest BCUT2D eigenvalue weighted by Gasteiger charge is 2.52. The average molecular weight is 392 g/mol. The van der Waals surface area contributed by atoms with Crippen molar-refractivity contribution in [1.29, 1.82) is 0 Å². The second-order valence-electron chi connectivity index (χ2n) is 7.06. The number of para-hydroxylation sites is 1. The minimum absolute atomic E-state index is 0.0471. The monoisotopic (exact) mass is 392 g/mol. The smallest absolute Gasteiger partial charge is 0.195 e. The normalized spacial score (nSPS) is 33.0. The summed E-state index contributed by atoms with van der Waals surface area (Å²) in [6.07, 6.45) is -1.16. The molecule has 1 aromatic rings. The predicted octanol–water partition coefficient (Wildman–Crippen LogP) is -0.600. The first kappa shape index (κ1) is 20.7. The SMILES string of the molecule is O=C1CC=CC=C1c1cccc(CC[C@]2(O)O[C@H](CO)[C@H](O)[C@H](O)[C@H]2O)c1O. The Balaban J connectivity index is 1.81. The van der Waals surface area contributed by atoms with E-state index in [0.717, 1.165) is 0 Å². The summed E-state index contributed by atoms with van der Waals surface area (Å²) in [5.74, 6) is -2.47. The van der Waals surface area contributed by atoms with E-state index < -0.39 is 36.8 Å². The summed E-state index contributed by atoms with van der Waals surface area (Å²) in [5.41, 5.74) is 1.16. The number of ketones is 1. The first-order valence-electron chi connectivity index (χ1n) is 9.05. The van der Waals surface area contributed by atoms with Crippen LogP contribution in [0.25, 0.3) is 5.57 Å². The predicted molar refractivity (Wildman–Crippen MR) is 98.1 cm³/mol. The van der Waals surface area contributed by atoms with E-state index in [1.165, 1.54) is 0 Å². The van der Waals surface area contributed by atoms with Crippen molar-refractivity contribution in [3.05, 3.63) is 47.6 Å². The van der Waals surface area contributed by atoms with Crippen LogP contribution in [0.2, 0.25) is 0 Å². The molecule has 6 N–H and O–H groups in total. The van der Waals surface area contributed by atoms with Gasteiger partial charge in [-0.3, -0.25) is 4.79 Å². The molecule has 0 bridgehead atoms. The van der Waals surface area contributed by atoms with Gasteiger partial charge in [0.1, 0.15) is 30.2 Å². The quantitative estimate of drug-likeness (QED) is 0.389. The Morgan fingerprint density at radius 3 is 2.61 bits per heavy atom.